The fraction of sp³-hybridized carbons (Fsp3) is 0.429. The molecular formula is C14H18N2O4. The van der Waals surface area contributed by atoms with Crippen LogP contribution in [0.25, 0.3) is 0 Å². The molecule has 1 aliphatic rings. The molecule has 1 heterocycles. The summed E-state index contributed by atoms with van der Waals surface area (Å²) in [7, 11) is 1.52. The number of rotatable bonds is 3. The number of piperazine rings is 1. The molecule has 0 aromatic heterocycles. The topological polar surface area (TPSA) is 78.9 Å². The summed E-state index contributed by atoms with van der Waals surface area (Å²) in [5.41, 5.74) is 1.21. The Labute approximate surface area is 117 Å². The predicted molar refractivity (Wildman–Crippen MR) is 73.6 cm³/mol. The third-order valence-corrected chi connectivity index (χ3v) is 3.41. The maximum atomic E-state index is 11.8. The number of benzene rings is 1. The van der Waals surface area contributed by atoms with Crippen molar-refractivity contribution in [1.82, 2.24) is 5.32 Å². The first-order valence-corrected chi connectivity index (χ1v) is 6.41. The van der Waals surface area contributed by atoms with E-state index in [1.54, 1.807) is 36.9 Å². The Morgan fingerprint density at radius 1 is 1.45 bits per heavy atom. The van der Waals surface area contributed by atoms with Gasteiger partial charge < -0.3 is 14.7 Å². The Hall–Kier alpha value is -2.08. The highest BCUT2D eigenvalue weighted by atomic mass is 16.5. The number of amides is 2. The molecule has 1 fully saturated rings. The van der Waals surface area contributed by atoms with E-state index in [0.29, 0.717) is 17.0 Å². The number of imide groups is 1. The minimum atomic E-state index is -0.770. The van der Waals surface area contributed by atoms with Gasteiger partial charge in [-0.2, -0.15) is 0 Å². The number of hydrogen-bond donors (Lipinski definition) is 2. The summed E-state index contributed by atoms with van der Waals surface area (Å²) in [5, 5.41) is 12.3. The van der Waals surface area contributed by atoms with Crippen LogP contribution in [0.15, 0.2) is 18.2 Å². The molecule has 1 unspecified atom stereocenters. The van der Waals surface area contributed by atoms with E-state index in [0.717, 1.165) is 0 Å². The lowest BCUT2D eigenvalue weighted by molar-refractivity contribution is -0.132. The van der Waals surface area contributed by atoms with Gasteiger partial charge in [0.05, 0.1) is 19.8 Å². The lowest BCUT2D eigenvalue weighted by Gasteiger charge is -2.35. The van der Waals surface area contributed by atoms with E-state index in [2.05, 4.69) is 5.32 Å². The monoisotopic (exact) mass is 278 g/mol. The summed E-state index contributed by atoms with van der Waals surface area (Å²) in [5.74, 6) is -0.170. The molecule has 0 bridgehead atoms. The summed E-state index contributed by atoms with van der Waals surface area (Å²) >= 11 is 0. The molecule has 0 aliphatic carbocycles. The quantitative estimate of drug-likeness (QED) is 0.792. The van der Waals surface area contributed by atoms with E-state index in [1.165, 1.54) is 7.11 Å². The van der Waals surface area contributed by atoms with Crippen molar-refractivity contribution in [3.63, 3.8) is 0 Å². The van der Waals surface area contributed by atoms with Crippen LogP contribution in [-0.2, 0) is 9.59 Å². The van der Waals surface area contributed by atoms with Gasteiger partial charge in [0.1, 0.15) is 11.8 Å². The minimum Gasteiger partial charge on any atom is -0.496 e. The zero-order valence-corrected chi connectivity index (χ0v) is 11.7. The molecule has 108 valence electrons. The van der Waals surface area contributed by atoms with E-state index in [4.69, 9.17) is 4.74 Å². The summed E-state index contributed by atoms with van der Waals surface area (Å²) in [6.07, 6.45) is -0.770. The molecule has 1 aliphatic heterocycles. The zero-order chi connectivity index (χ0) is 14.9. The molecule has 1 saturated heterocycles. The summed E-state index contributed by atoms with van der Waals surface area (Å²) < 4.78 is 5.25. The summed E-state index contributed by atoms with van der Waals surface area (Å²) in [6, 6.07) is 4.79. The lowest BCUT2D eigenvalue weighted by atomic mass is 10.0. The Kier molecular flexibility index (Phi) is 3.94. The number of aliphatic hydroxyl groups excluding tert-OH is 1. The van der Waals surface area contributed by atoms with Crippen molar-refractivity contribution < 1.29 is 19.4 Å². The van der Waals surface area contributed by atoms with E-state index in [1.807, 2.05) is 0 Å². The van der Waals surface area contributed by atoms with E-state index in [9.17, 15) is 14.7 Å². The second-order valence-electron chi connectivity index (χ2n) is 4.79. The van der Waals surface area contributed by atoms with Gasteiger partial charge in [0.2, 0.25) is 11.8 Å². The van der Waals surface area contributed by atoms with E-state index < -0.39 is 12.1 Å². The molecule has 6 heteroatoms. The van der Waals surface area contributed by atoms with Crippen LogP contribution in [0.2, 0.25) is 0 Å². The van der Waals surface area contributed by atoms with E-state index in [-0.39, 0.29) is 18.4 Å². The SMILES string of the molecule is COc1cccc(N2CC(=O)NC(=O)C2C)c1[C@H](C)O. The Morgan fingerprint density at radius 3 is 2.75 bits per heavy atom. The molecule has 0 saturated carbocycles. The van der Waals surface area contributed by atoms with Crippen LogP contribution in [0.1, 0.15) is 25.5 Å². The van der Waals surface area contributed by atoms with Crippen LogP contribution >= 0.6 is 0 Å². The van der Waals surface area contributed by atoms with Gasteiger partial charge >= 0.3 is 0 Å². The molecule has 2 atom stereocenters. The lowest BCUT2D eigenvalue weighted by Crippen LogP contribution is -2.57. The molecule has 2 rings (SSSR count). The van der Waals surface area contributed by atoms with Gasteiger partial charge in [-0.25, -0.2) is 0 Å². The number of nitrogens with one attached hydrogen (secondary N) is 1. The van der Waals surface area contributed by atoms with E-state index >= 15 is 0 Å². The van der Waals surface area contributed by atoms with Crippen molar-refractivity contribution >= 4 is 17.5 Å². The number of hydrogen-bond acceptors (Lipinski definition) is 5. The van der Waals surface area contributed by atoms with Gasteiger partial charge in [-0.15, -0.1) is 0 Å². The fourth-order valence-electron chi connectivity index (χ4n) is 2.39. The highest BCUT2D eigenvalue weighted by Crippen LogP contribution is 2.35. The van der Waals surface area contributed by atoms with Crippen LogP contribution < -0.4 is 15.0 Å². The molecule has 1 aromatic rings. The highest BCUT2D eigenvalue weighted by molar-refractivity contribution is 6.04. The second-order valence-corrected chi connectivity index (χ2v) is 4.79. The van der Waals surface area contributed by atoms with Gasteiger partial charge in [-0.1, -0.05) is 6.07 Å². The Bertz CT molecular complexity index is 542. The van der Waals surface area contributed by atoms with Crippen LogP contribution in [0.3, 0.4) is 0 Å². The molecule has 2 N–H and O–H groups in total. The number of anilines is 1. The number of carbonyl (C=O) groups is 2. The van der Waals surface area contributed by atoms with Crippen molar-refractivity contribution in [2.75, 3.05) is 18.6 Å². The minimum absolute atomic E-state index is 0.0692. The standard InChI is InChI=1S/C14H18N2O4/c1-8-14(19)15-12(18)7-16(8)10-5-4-6-11(20-3)13(10)9(2)17/h4-6,8-9,17H,7H2,1-3H3,(H,15,18,19)/t8?,9-/m0/s1. The van der Waals surface area contributed by atoms with Crippen molar-refractivity contribution in [2.24, 2.45) is 0 Å². The third-order valence-electron chi connectivity index (χ3n) is 3.41. The number of methoxy groups -OCH3 is 1. The number of ether oxygens (including phenoxy) is 1. The van der Waals surface area contributed by atoms with Gasteiger partial charge in [-0.05, 0) is 26.0 Å². The number of carbonyl (C=O) groups excluding carboxylic acids is 2. The smallest absolute Gasteiger partial charge is 0.249 e. The molecule has 6 nitrogen and oxygen atoms in total. The Balaban J connectivity index is 2.51. The first-order chi connectivity index (χ1) is 9.45. The van der Waals surface area contributed by atoms with Crippen LogP contribution in [-0.4, -0.2) is 36.6 Å². The first kappa shape index (κ1) is 14.3. The molecule has 0 radical (unpaired) electrons. The number of nitrogens with zero attached hydrogens (tertiary/aromatic N) is 1. The highest BCUT2D eigenvalue weighted by Gasteiger charge is 2.32. The second kappa shape index (κ2) is 5.50. The van der Waals surface area contributed by atoms with Crippen molar-refractivity contribution in [3.8, 4) is 5.75 Å². The van der Waals surface area contributed by atoms with Crippen molar-refractivity contribution in [1.29, 1.82) is 0 Å². The largest absolute Gasteiger partial charge is 0.496 e. The maximum absolute atomic E-state index is 11.8. The normalized spacial score (nSPS) is 20.6. The molecule has 1 aromatic carbocycles. The third kappa shape index (κ3) is 2.46. The molecule has 20 heavy (non-hydrogen) atoms. The average Bonchev–Trinajstić information content (AvgIpc) is 2.41. The predicted octanol–water partition coefficient (Wildman–Crippen LogP) is 0.600. The average molecular weight is 278 g/mol. The van der Waals surface area contributed by atoms with Gasteiger partial charge in [0.15, 0.2) is 0 Å². The van der Waals surface area contributed by atoms with Gasteiger partial charge in [0.25, 0.3) is 0 Å². The van der Waals surface area contributed by atoms with Crippen molar-refractivity contribution in [2.45, 2.75) is 26.0 Å². The Morgan fingerprint density at radius 2 is 2.15 bits per heavy atom. The van der Waals surface area contributed by atoms with Crippen molar-refractivity contribution in [3.05, 3.63) is 23.8 Å². The first-order valence-electron chi connectivity index (χ1n) is 6.41. The zero-order valence-electron chi connectivity index (χ0n) is 11.7. The van der Waals surface area contributed by atoms with Crippen LogP contribution in [0, 0.1) is 0 Å². The van der Waals surface area contributed by atoms with Gasteiger partial charge in [-0.3, -0.25) is 14.9 Å². The van der Waals surface area contributed by atoms with Gasteiger partial charge in [0, 0.05) is 11.3 Å². The fourth-order valence-corrected chi connectivity index (χ4v) is 2.39. The molecule has 0 spiro atoms. The van der Waals surface area contributed by atoms with Crippen LogP contribution in [0.5, 0.6) is 5.75 Å². The maximum Gasteiger partial charge on any atom is 0.249 e. The summed E-state index contributed by atoms with van der Waals surface area (Å²) in [4.78, 5) is 25.0. The summed E-state index contributed by atoms with van der Waals surface area (Å²) in [6.45, 7) is 3.41. The molecular weight excluding hydrogens is 260 g/mol. The number of aliphatic hydroxyl groups is 1. The molecule has 2 amide bonds. The van der Waals surface area contributed by atoms with Crippen LogP contribution in [0.4, 0.5) is 5.69 Å².